The van der Waals surface area contributed by atoms with Crippen LogP contribution in [0.4, 0.5) is 28.5 Å². The summed E-state index contributed by atoms with van der Waals surface area (Å²) in [6.07, 6.45) is -3.61. The first-order valence-electron chi connectivity index (χ1n) is 11.9. The van der Waals surface area contributed by atoms with Crippen LogP contribution in [0.2, 0.25) is 10.0 Å². The SMILES string of the molecule is O=C(Nc1nc(-c2cccc(C(F)(F)F)c2F)cs1)c1cnc(N2C[C@@H](C(=O)O)[C@H](c3ccccc3Cl)C2)c(Cl)c1. The summed E-state index contributed by atoms with van der Waals surface area (Å²) in [7, 11) is 0. The van der Waals surface area contributed by atoms with Crippen LogP contribution in [0.25, 0.3) is 11.3 Å². The number of hydrogen-bond acceptors (Lipinski definition) is 6. The Morgan fingerprint density at radius 1 is 1.07 bits per heavy atom. The van der Waals surface area contributed by atoms with Gasteiger partial charge in [-0.2, -0.15) is 13.2 Å². The minimum absolute atomic E-state index is 0.0217. The lowest BCUT2D eigenvalue weighted by atomic mass is 9.89. The second kappa shape index (κ2) is 11.3. The van der Waals surface area contributed by atoms with Crippen molar-refractivity contribution >= 4 is 57.4 Å². The molecule has 2 atom stereocenters. The van der Waals surface area contributed by atoms with E-state index in [-0.39, 0.29) is 40.1 Å². The van der Waals surface area contributed by atoms with Crippen LogP contribution in [0.1, 0.15) is 27.4 Å². The van der Waals surface area contributed by atoms with Crippen LogP contribution in [0.5, 0.6) is 0 Å². The Hall–Kier alpha value is -3.74. The zero-order valence-electron chi connectivity index (χ0n) is 20.6. The summed E-state index contributed by atoms with van der Waals surface area (Å²) in [6.45, 7) is 0.407. The van der Waals surface area contributed by atoms with Crippen molar-refractivity contribution in [3.05, 3.63) is 92.7 Å². The number of halogens is 6. The van der Waals surface area contributed by atoms with Gasteiger partial charge in [-0.25, -0.2) is 14.4 Å². The Labute approximate surface area is 244 Å². The Morgan fingerprint density at radius 2 is 1.83 bits per heavy atom. The van der Waals surface area contributed by atoms with Crippen molar-refractivity contribution in [3.63, 3.8) is 0 Å². The van der Waals surface area contributed by atoms with Crippen LogP contribution in [0.15, 0.2) is 60.1 Å². The molecule has 0 spiro atoms. The maximum absolute atomic E-state index is 14.5. The molecular weight excluding hydrogens is 607 g/mol. The summed E-state index contributed by atoms with van der Waals surface area (Å²) < 4.78 is 53.7. The lowest BCUT2D eigenvalue weighted by Gasteiger charge is -2.19. The van der Waals surface area contributed by atoms with E-state index >= 15 is 0 Å². The topological polar surface area (TPSA) is 95.4 Å². The fourth-order valence-electron chi connectivity index (χ4n) is 4.68. The standard InChI is InChI=1S/C27H18Cl2F4N4O3S/c28-19-7-2-1-4-14(19)16-10-37(11-17(16)25(39)40)23-20(29)8-13(9-34-23)24(38)36-26-35-21(12-41-26)15-5-3-6-18(22(15)30)27(31,32)33/h1-9,12,16-17H,10-11H2,(H,39,40)(H,35,36,38)/t16-,17+/m0/s1. The molecule has 2 aromatic heterocycles. The fourth-order valence-corrected chi connectivity index (χ4v) is 5.95. The summed E-state index contributed by atoms with van der Waals surface area (Å²) in [4.78, 5) is 34.9. The highest BCUT2D eigenvalue weighted by Gasteiger charge is 2.40. The van der Waals surface area contributed by atoms with Gasteiger partial charge in [-0.3, -0.25) is 14.9 Å². The van der Waals surface area contributed by atoms with E-state index in [0.717, 1.165) is 23.5 Å². The first-order chi connectivity index (χ1) is 19.4. The second-order valence-electron chi connectivity index (χ2n) is 9.16. The van der Waals surface area contributed by atoms with Crippen molar-refractivity contribution in [2.75, 3.05) is 23.3 Å². The van der Waals surface area contributed by atoms with Gasteiger partial charge < -0.3 is 10.0 Å². The molecule has 0 bridgehead atoms. The average molecular weight is 625 g/mol. The van der Waals surface area contributed by atoms with Crippen molar-refractivity contribution in [3.8, 4) is 11.3 Å². The van der Waals surface area contributed by atoms with Crippen molar-refractivity contribution in [2.24, 2.45) is 5.92 Å². The van der Waals surface area contributed by atoms with Crippen LogP contribution in [-0.2, 0) is 11.0 Å². The molecule has 2 aromatic carbocycles. The van der Waals surface area contributed by atoms with Gasteiger partial charge in [-0.15, -0.1) is 11.3 Å². The lowest BCUT2D eigenvalue weighted by molar-refractivity contribution is -0.141. The molecule has 5 rings (SSSR count). The maximum Gasteiger partial charge on any atom is 0.419 e. The van der Waals surface area contributed by atoms with Crippen LogP contribution in [0.3, 0.4) is 0 Å². The van der Waals surface area contributed by atoms with Crippen LogP contribution < -0.4 is 10.2 Å². The van der Waals surface area contributed by atoms with Crippen LogP contribution in [-0.4, -0.2) is 40.0 Å². The number of anilines is 2. The van der Waals surface area contributed by atoms with Gasteiger partial charge >= 0.3 is 12.1 Å². The molecule has 1 fully saturated rings. The van der Waals surface area contributed by atoms with Gasteiger partial charge in [0.05, 0.1) is 27.8 Å². The number of carbonyl (C=O) groups is 2. The van der Waals surface area contributed by atoms with E-state index in [2.05, 4.69) is 15.3 Å². The third-order valence-corrected chi connectivity index (χ3v) is 8.01. The largest absolute Gasteiger partial charge is 0.481 e. The number of nitrogens with one attached hydrogen (secondary N) is 1. The van der Waals surface area contributed by atoms with Crippen molar-refractivity contribution in [1.29, 1.82) is 0 Å². The quantitative estimate of drug-likeness (QED) is 0.220. The molecule has 4 aromatic rings. The molecule has 1 saturated heterocycles. The smallest absolute Gasteiger partial charge is 0.419 e. The summed E-state index contributed by atoms with van der Waals surface area (Å²) in [5, 5.41) is 14.2. The Morgan fingerprint density at radius 3 is 2.51 bits per heavy atom. The van der Waals surface area contributed by atoms with Crippen LogP contribution >= 0.6 is 34.5 Å². The Bertz CT molecular complexity index is 1650. The van der Waals surface area contributed by atoms with Gasteiger partial charge in [0, 0.05) is 41.2 Å². The van der Waals surface area contributed by atoms with Gasteiger partial charge in [0.2, 0.25) is 0 Å². The minimum atomic E-state index is -4.87. The molecule has 1 aliphatic rings. The summed E-state index contributed by atoms with van der Waals surface area (Å²) in [5.74, 6) is -3.99. The first kappa shape index (κ1) is 28.8. The molecule has 0 radical (unpaired) electrons. The average Bonchev–Trinajstić information content (AvgIpc) is 3.56. The van der Waals surface area contributed by atoms with E-state index in [4.69, 9.17) is 23.2 Å². The molecule has 1 amide bonds. The number of thiazole rings is 1. The second-order valence-corrected chi connectivity index (χ2v) is 10.8. The molecule has 0 unspecified atom stereocenters. The third kappa shape index (κ3) is 5.85. The number of hydrogen-bond donors (Lipinski definition) is 2. The third-order valence-electron chi connectivity index (χ3n) is 6.63. The lowest BCUT2D eigenvalue weighted by Crippen LogP contribution is -2.24. The number of pyridine rings is 1. The molecule has 3 heterocycles. The van der Waals surface area contributed by atoms with E-state index in [1.165, 1.54) is 17.6 Å². The van der Waals surface area contributed by atoms with Gasteiger partial charge in [-0.05, 0) is 29.8 Å². The molecule has 41 heavy (non-hydrogen) atoms. The normalized spacial score (nSPS) is 17.1. The highest BCUT2D eigenvalue weighted by atomic mass is 35.5. The summed E-state index contributed by atoms with van der Waals surface area (Å²) >= 11 is 13.7. The van der Waals surface area contributed by atoms with Gasteiger partial charge in [0.1, 0.15) is 11.6 Å². The van der Waals surface area contributed by atoms with Crippen LogP contribution in [0, 0.1) is 11.7 Å². The number of rotatable bonds is 6. The number of aliphatic carboxylic acids is 1. The monoisotopic (exact) mass is 624 g/mol. The van der Waals surface area contributed by atoms with Crippen molar-refractivity contribution < 1.29 is 32.3 Å². The Kier molecular flexibility index (Phi) is 7.91. The molecule has 0 aliphatic carbocycles. The number of carboxylic acids is 1. The number of aromatic nitrogens is 2. The zero-order valence-corrected chi connectivity index (χ0v) is 23.0. The van der Waals surface area contributed by atoms with E-state index in [1.807, 2.05) is 0 Å². The van der Waals surface area contributed by atoms with E-state index in [9.17, 15) is 32.3 Å². The van der Waals surface area contributed by atoms with Gasteiger partial charge in [0.25, 0.3) is 5.91 Å². The van der Waals surface area contributed by atoms with Gasteiger partial charge in [0.15, 0.2) is 5.13 Å². The molecule has 212 valence electrons. The highest BCUT2D eigenvalue weighted by Crippen LogP contribution is 2.40. The number of carbonyl (C=O) groups excluding carboxylic acids is 1. The van der Waals surface area contributed by atoms with E-state index in [1.54, 1.807) is 29.2 Å². The van der Waals surface area contributed by atoms with Gasteiger partial charge in [-0.1, -0.05) is 47.5 Å². The molecule has 0 saturated carbocycles. The Balaban J connectivity index is 1.32. The van der Waals surface area contributed by atoms with Crippen molar-refractivity contribution in [1.82, 2.24) is 9.97 Å². The summed E-state index contributed by atoms with van der Waals surface area (Å²) in [5.41, 5.74) is -1.09. The van der Waals surface area contributed by atoms with Crippen molar-refractivity contribution in [2.45, 2.75) is 12.1 Å². The van der Waals surface area contributed by atoms with E-state index in [0.29, 0.717) is 22.5 Å². The summed E-state index contributed by atoms with van der Waals surface area (Å²) in [6, 6.07) is 11.2. The highest BCUT2D eigenvalue weighted by molar-refractivity contribution is 7.14. The zero-order chi connectivity index (χ0) is 29.5. The number of alkyl halides is 3. The predicted octanol–water partition coefficient (Wildman–Crippen LogP) is 7.23. The van der Waals surface area contributed by atoms with E-state index < -0.39 is 41.3 Å². The molecule has 1 aliphatic heterocycles. The number of nitrogens with zero attached hydrogens (tertiary/aromatic N) is 3. The number of benzene rings is 2. The fraction of sp³-hybridized carbons (Fsp3) is 0.185. The minimum Gasteiger partial charge on any atom is -0.481 e. The number of carboxylic acid groups (broad SMARTS) is 1. The molecule has 14 heteroatoms. The molecule has 2 N–H and O–H groups in total. The first-order valence-corrected chi connectivity index (χ1v) is 13.6. The molecular formula is C27H18Cl2F4N4O3S. The predicted molar refractivity (Wildman–Crippen MR) is 147 cm³/mol. The molecule has 7 nitrogen and oxygen atoms in total. The maximum atomic E-state index is 14.5. The number of amides is 1.